The van der Waals surface area contributed by atoms with Gasteiger partial charge in [-0.25, -0.2) is 0 Å². The number of hydrogen-bond acceptors (Lipinski definition) is 1. The Hall–Kier alpha value is -1.21. The van der Waals surface area contributed by atoms with Crippen LogP contribution in [0.1, 0.15) is 37.5 Å². The second-order valence-corrected chi connectivity index (χ2v) is 7.84. The Morgan fingerprint density at radius 2 is 1.67 bits per heavy atom. The summed E-state index contributed by atoms with van der Waals surface area (Å²) in [5.74, 6) is 0. The molecule has 0 heterocycles. The molecule has 0 unspecified atom stereocenters. The van der Waals surface area contributed by atoms with E-state index in [9.17, 15) is 0 Å². The van der Waals surface area contributed by atoms with Gasteiger partial charge in [-0.3, -0.25) is 0 Å². The normalized spacial score (nSPS) is 11.7. The van der Waals surface area contributed by atoms with Crippen molar-refractivity contribution in [1.29, 1.82) is 0 Å². The van der Waals surface area contributed by atoms with Crippen LogP contribution in [-0.2, 0) is 6.42 Å². The van der Waals surface area contributed by atoms with E-state index in [2.05, 4.69) is 83.5 Å². The third-order valence-corrected chi connectivity index (χ3v) is 4.75. The number of rotatable bonds is 4. The van der Waals surface area contributed by atoms with Gasteiger partial charge in [0, 0.05) is 9.79 Å². The fourth-order valence-corrected chi connectivity index (χ4v) is 3.24. The molecule has 1 heteroatoms. The van der Waals surface area contributed by atoms with Gasteiger partial charge in [-0.2, -0.15) is 0 Å². The number of benzene rings is 2. The van der Waals surface area contributed by atoms with Crippen LogP contribution in [0.4, 0.5) is 0 Å². The van der Waals surface area contributed by atoms with Crippen molar-refractivity contribution in [2.45, 2.75) is 50.8 Å². The van der Waals surface area contributed by atoms with E-state index < -0.39 is 0 Å². The summed E-state index contributed by atoms with van der Waals surface area (Å²) in [6, 6.07) is 15.4. The maximum absolute atomic E-state index is 2.40. The van der Waals surface area contributed by atoms with E-state index in [1.54, 1.807) is 0 Å². The summed E-state index contributed by atoms with van der Waals surface area (Å²) in [7, 11) is 0. The van der Waals surface area contributed by atoms with Crippen molar-refractivity contribution < 1.29 is 0 Å². The molecule has 0 atom stereocenters. The lowest BCUT2D eigenvalue weighted by Gasteiger charge is -2.18. The third kappa shape index (κ3) is 4.93. The Morgan fingerprint density at radius 3 is 2.33 bits per heavy atom. The van der Waals surface area contributed by atoms with E-state index in [0.29, 0.717) is 0 Å². The monoisotopic (exact) mass is 297 g/mol. The van der Waals surface area contributed by atoms with Gasteiger partial charge in [0.25, 0.3) is 0 Å². The number of aryl methyl sites for hydroxylation is 2. The highest BCUT2D eigenvalue weighted by Gasteiger charge is 2.13. The summed E-state index contributed by atoms with van der Waals surface area (Å²) in [5, 5.41) is 0. The molecule has 2 rings (SSSR count). The zero-order valence-electron chi connectivity index (χ0n) is 13.7. The summed E-state index contributed by atoms with van der Waals surface area (Å²) in [6.45, 7) is 11.1. The zero-order valence-corrected chi connectivity index (χ0v) is 14.6. The van der Waals surface area contributed by atoms with Gasteiger partial charge >= 0.3 is 0 Å². The van der Waals surface area contributed by atoms with Crippen molar-refractivity contribution in [3.63, 3.8) is 0 Å². The standard InChI is InChI=1S/C20H25S/c1-15-10-11-18(16(2)14-15)21-19-9-7-6-8-17(19)12-13-20(3,4)5/h6-11,13-14H,12H2,1-5H3. The predicted octanol–water partition coefficient (Wildman–Crippen LogP) is 6.25. The van der Waals surface area contributed by atoms with Crippen LogP contribution in [0.2, 0.25) is 0 Å². The van der Waals surface area contributed by atoms with Crippen LogP contribution in [0.5, 0.6) is 0 Å². The Bertz CT molecular complexity index is 605. The molecule has 0 bridgehead atoms. The molecule has 0 saturated heterocycles. The predicted molar refractivity (Wildman–Crippen MR) is 93.9 cm³/mol. The molecule has 0 amide bonds. The molecule has 0 saturated carbocycles. The highest BCUT2D eigenvalue weighted by molar-refractivity contribution is 7.99. The summed E-state index contributed by atoms with van der Waals surface area (Å²) in [6.07, 6.45) is 3.42. The van der Waals surface area contributed by atoms with E-state index in [-0.39, 0.29) is 5.41 Å². The maximum Gasteiger partial charge on any atom is 0.0154 e. The highest BCUT2D eigenvalue weighted by Crippen LogP contribution is 2.34. The largest absolute Gasteiger partial charge is 0.0895 e. The van der Waals surface area contributed by atoms with Crippen molar-refractivity contribution in [2.24, 2.45) is 5.41 Å². The SMILES string of the molecule is Cc1ccc(Sc2ccccc2C[CH]C(C)(C)C)c(C)c1. The van der Waals surface area contributed by atoms with Gasteiger partial charge in [0.1, 0.15) is 0 Å². The van der Waals surface area contributed by atoms with Crippen LogP contribution in [0.15, 0.2) is 52.3 Å². The minimum atomic E-state index is 0.261. The molecule has 0 aliphatic rings. The van der Waals surface area contributed by atoms with Gasteiger partial charge in [0.15, 0.2) is 0 Å². The van der Waals surface area contributed by atoms with Crippen LogP contribution in [0, 0.1) is 25.7 Å². The fourth-order valence-electron chi connectivity index (χ4n) is 2.22. The first-order chi connectivity index (χ1) is 9.85. The lowest BCUT2D eigenvalue weighted by molar-refractivity contribution is 0.482. The van der Waals surface area contributed by atoms with E-state index in [1.165, 1.54) is 26.5 Å². The lowest BCUT2D eigenvalue weighted by Crippen LogP contribution is -2.07. The summed E-state index contributed by atoms with van der Waals surface area (Å²) in [4.78, 5) is 2.72. The fraction of sp³-hybridized carbons (Fsp3) is 0.350. The Kier molecular flexibility index (Phi) is 5.16. The van der Waals surface area contributed by atoms with Crippen molar-refractivity contribution >= 4 is 11.8 Å². The molecule has 0 spiro atoms. The van der Waals surface area contributed by atoms with Gasteiger partial charge in [-0.05, 0) is 55.4 Å². The average Bonchev–Trinajstić information content (AvgIpc) is 2.40. The molecular weight excluding hydrogens is 272 g/mol. The first-order valence-corrected chi connectivity index (χ1v) is 8.34. The minimum absolute atomic E-state index is 0.261. The molecule has 0 aliphatic heterocycles. The second-order valence-electron chi connectivity index (χ2n) is 6.75. The maximum atomic E-state index is 2.40. The molecule has 1 radical (unpaired) electrons. The van der Waals surface area contributed by atoms with E-state index in [0.717, 1.165) is 6.42 Å². The quantitative estimate of drug-likeness (QED) is 0.643. The van der Waals surface area contributed by atoms with E-state index in [4.69, 9.17) is 0 Å². The molecule has 0 aromatic heterocycles. The van der Waals surface area contributed by atoms with Gasteiger partial charge in [-0.15, -0.1) is 0 Å². The van der Waals surface area contributed by atoms with Crippen LogP contribution >= 0.6 is 11.8 Å². The molecule has 0 aliphatic carbocycles. The van der Waals surface area contributed by atoms with Crippen molar-refractivity contribution in [1.82, 2.24) is 0 Å². The summed E-state index contributed by atoms with van der Waals surface area (Å²) >= 11 is 1.88. The van der Waals surface area contributed by atoms with Crippen LogP contribution in [0.25, 0.3) is 0 Å². The molecule has 2 aromatic rings. The lowest BCUT2D eigenvalue weighted by atomic mass is 9.89. The zero-order chi connectivity index (χ0) is 15.5. The van der Waals surface area contributed by atoms with E-state index in [1.807, 2.05) is 11.8 Å². The second kappa shape index (κ2) is 6.70. The van der Waals surface area contributed by atoms with Gasteiger partial charge in [0.05, 0.1) is 0 Å². The molecule has 2 aromatic carbocycles. The molecule has 111 valence electrons. The van der Waals surface area contributed by atoms with Gasteiger partial charge in [0.2, 0.25) is 0 Å². The molecular formula is C20H25S. The average molecular weight is 297 g/mol. The summed E-state index contributed by atoms with van der Waals surface area (Å²) in [5.41, 5.74) is 4.36. The minimum Gasteiger partial charge on any atom is -0.0895 e. The first-order valence-electron chi connectivity index (χ1n) is 7.52. The first kappa shape index (κ1) is 16.2. The van der Waals surface area contributed by atoms with Crippen LogP contribution < -0.4 is 0 Å². The Morgan fingerprint density at radius 1 is 0.952 bits per heavy atom. The summed E-state index contributed by atoms with van der Waals surface area (Å²) < 4.78 is 0. The van der Waals surface area contributed by atoms with Gasteiger partial charge in [-0.1, -0.05) is 68.4 Å². The third-order valence-electron chi connectivity index (χ3n) is 3.46. The van der Waals surface area contributed by atoms with Crippen molar-refractivity contribution in [3.8, 4) is 0 Å². The smallest absolute Gasteiger partial charge is 0.0154 e. The molecule has 0 nitrogen and oxygen atoms in total. The molecule has 0 N–H and O–H groups in total. The van der Waals surface area contributed by atoms with Gasteiger partial charge < -0.3 is 0 Å². The van der Waals surface area contributed by atoms with Crippen LogP contribution in [-0.4, -0.2) is 0 Å². The number of hydrogen-bond donors (Lipinski definition) is 0. The topological polar surface area (TPSA) is 0 Å². The molecule has 0 fully saturated rings. The Balaban J connectivity index is 2.20. The van der Waals surface area contributed by atoms with E-state index >= 15 is 0 Å². The Labute approximate surface area is 134 Å². The van der Waals surface area contributed by atoms with Crippen molar-refractivity contribution in [3.05, 3.63) is 65.6 Å². The van der Waals surface area contributed by atoms with Crippen LogP contribution in [0.3, 0.4) is 0 Å². The van der Waals surface area contributed by atoms with Crippen molar-refractivity contribution in [2.75, 3.05) is 0 Å². The highest BCUT2D eigenvalue weighted by atomic mass is 32.2. The molecule has 21 heavy (non-hydrogen) atoms.